The second-order valence-electron chi connectivity index (χ2n) is 5.30. The van der Waals surface area contributed by atoms with E-state index in [9.17, 15) is 0 Å². The Kier molecular flexibility index (Phi) is 3.93. The predicted molar refractivity (Wildman–Crippen MR) is 81.6 cm³/mol. The van der Waals surface area contributed by atoms with Crippen molar-refractivity contribution in [2.75, 3.05) is 25.5 Å². The van der Waals surface area contributed by atoms with Gasteiger partial charge in [0, 0.05) is 18.2 Å². The summed E-state index contributed by atoms with van der Waals surface area (Å²) >= 11 is 1.54. The number of hydrogen-bond acceptors (Lipinski definition) is 6. The molecule has 1 fully saturated rings. The minimum absolute atomic E-state index is 0.534. The van der Waals surface area contributed by atoms with Crippen LogP contribution in [0.15, 0.2) is 18.2 Å². The molecule has 1 atom stereocenters. The average molecular weight is 289 g/mol. The fourth-order valence-electron chi connectivity index (χ4n) is 2.61. The Morgan fingerprint density at radius 3 is 3.00 bits per heavy atom. The highest BCUT2D eigenvalue weighted by Gasteiger charge is 2.20. The minimum Gasteiger partial charge on any atom is -0.315 e. The molecular formula is C14H19N5S. The van der Waals surface area contributed by atoms with Crippen molar-refractivity contribution in [2.24, 2.45) is 0 Å². The number of anilines is 2. The Morgan fingerprint density at radius 1 is 1.35 bits per heavy atom. The molecule has 0 amide bonds. The number of nitrogens with zero attached hydrogens (tertiary/aromatic N) is 4. The molecule has 3 heterocycles. The number of nitrogens with one attached hydrogen (secondary N) is 1. The number of rotatable bonds is 3. The van der Waals surface area contributed by atoms with E-state index < -0.39 is 0 Å². The van der Waals surface area contributed by atoms with Gasteiger partial charge in [0.2, 0.25) is 5.13 Å². The van der Waals surface area contributed by atoms with E-state index in [0.29, 0.717) is 5.92 Å². The number of aryl methyl sites for hydroxylation is 1. The normalized spacial score (nSPS) is 20.0. The number of aromatic nitrogens is 3. The Morgan fingerprint density at radius 2 is 2.25 bits per heavy atom. The molecule has 106 valence electrons. The lowest BCUT2D eigenvalue weighted by atomic mass is 9.95. The van der Waals surface area contributed by atoms with Crippen LogP contribution in [0.25, 0.3) is 0 Å². The van der Waals surface area contributed by atoms with Crippen molar-refractivity contribution in [3.05, 3.63) is 28.9 Å². The van der Waals surface area contributed by atoms with Gasteiger partial charge in [-0.15, -0.1) is 10.2 Å². The summed E-state index contributed by atoms with van der Waals surface area (Å²) < 4.78 is 0. The molecule has 0 radical (unpaired) electrons. The van der Waals surface area contributed by atoms with Gasteiger partial charge in [0.05, 0.1) is 0 Å². The molecule has 1 saturated heterocycles. The molecule has 2 aromatic heterocycles. The summed E-state index contributed by atoms with van der Waals surface area (Å²) in [6.45, 7) is 4.23. The van der Waals surface area contributed by atoms with Crippen LogP contribution in [-0.2, 0) is 0 Å². The standard InChI is InChI=1S/C14H19N5S/c1-10-17-18-14(20-10)16-13-7-3-6-12(15-13)11-5-4-8-19(2)9-11/h3,6-7,11H,4-5,8-9H2,1-2H3,(H,15,16,18). The van der Waals surface area contributed by atoms with E-state index in [1.807, 2.05) is 13.0 Å². The summed E-state index contributed by atoms with van der Waals surface area (Å²) in [7, 11) is 2.18. The third-order valence-electron chi connectivity index (χ3n) is 3.57. The van der Waals surface area contributed by atoms with Crippen LogP contribution in [0.4, 0.5) is 10.9 Å². The number of likely N-dealkylation sites (tertiary alicyclic amines) is 1. The van der Waals surface area contributed by atoms with Crippen molar-refractivity contribution in [3.8, 4) is 0 Å². The second-order valence-corrected chi connectivity index (χ2v) is 6.48. The van der Waals surface area contributed by atoms with Crippen molar-refractivity contribution in [2.45, 2.75) is 25.7 Å². The number of pyridine rings is 1. The monoisotopic (exact) mass is 289 g/mol. The van der Waals surface area contributed by atoms with Gasteiger partial charge < -0.3 is 10.2 Å². The van der Waals surface area contributed by atoms with E-state index in [1.165, 1.54) is 25.1 Å². The summed E-state index contributed by atoms with van der Waals surface area (Å²) in [5.41, 5.74) is 1.17. The lowest BCUT2D eigenvalue weighted by Crippen LogP contribution is -2.31. The molecule has 0 aliphatic carbocycles. The SMILES string of the molecule is Cc1nnc(Nc2cccc(C3CCCN(C)C3)n2)s1. The Hall–Kier alpha value is -1.53. The first-order valence-electron chi connectivity index (χ1n) is 6.93. The van der Waals surface area contributed by atoms with Gasteiger partial charge in [-0.25, -0.2) is 4.98 Å². The van der Waals surface area contributed by atoms with E-state index in [2.05, 4.69) is 39.6 Å². The highest BCUT2D eigenvalue weighted by molar-refractivity contribution is 7.15. The van der Waals surface area contributed by atoms with Gasteiger partial charge in [-0.05, 0) is 45.5 Å². The fourth-order valence-corrected chi connectivity index (χ4v) is 3.21. The number of piperidine rings is 1. The van der Waals surface area contributed by atoms with E-state index in [4.69, 9.17) is 4.98 Å². The molecule has 1 aliphatic heterocycles. The summed E-state index contributed by atoms with van der Waals surface area (Å²) in [5.74, 6) is 1.39. The maximum absolute atomic E-state index is 4.74. The first kappa shape index (κ1) is 13.5. The van der Waals surface area contributed by atoms with Crippen LogP contribution in [0.1, 0.15) is 29.5 Å². The van der Waals surface area contributed by atoms with Crippen molar-refractivity contribution in [1.82, 2.24) is 20.1 Å². The Balaban J connectivity index is 1.75. The van der Waals surface area contributed by atoms with E-state index >= 15 is 0 Å². The Bertz CT molecular complexity index is 582. The summed E-state index contributed by atoms with van der Waals surface area (Å²) in [4.78, 5) is 7.12. The number of likely N-dealkylation sites (N-methyl/N-ethyl adjacent to an activating group) is 1. The van der Waals surface area contributed by atoms with Gasteiger partial charge in [0.15, 0.2) is 0 Å². The molecule has 3 rings (SSSR count). The van der Waals surface area contributed by atoms with Crippen molar-refractivity contribution in [3.63, 3.8) is 0 Å². The zero-order valence-electron chi connectivity index (χ0n) is 11.8. The molecule has 0 saturated carbocycles. The first-order valence-corrected chi connectivity index (χ1v) is 7.75. The fraction of sp³-hybridized carbons (Fsp3) is 0.500. The van der Waals surface area contributed by atoms with Crippen molar-refractivity contribution in [1.29, 1.82) is 0 Å². The highest BCUT2D eigenvalue weighted by Crippen LogP contribution is 2.26. The van der Waals surface area contributed by atoms with Crippen LogP contribution in [0.5, 0.6) is 0 Å². The summed E-state index contributed by atoms with van der Waals surface area (Å²) in [6.07, 6.45) is 2.47. The van der Waals surface area contributed by atoms with E-state index in [1.54, 1.807) is 11.3 Å². The molecule has 20 heavy (non-hydrogen) atoms. The van der Waals surface area contributed by atoms with E-state index in [0.717, 1.165) is 22.5 Å². The minimum atomic E-state index is 0.534. The van der Waals surface area contributed by atoms with Gasteiger partial charge in [-0.2, -0.15) is 0 Å². The lowest BCUT2D eigenvalue weighted by Gasteiger charge is -2.29. The maximum Gasteiger partial charge on any atom is 0.211 e. The molecule has 2 aromatic rings. The van der Waals surface area contributed by atoms with Crippen molar-refractivity contribution >= 4 is 22.3 Å². The predicted octanol–water partition coefficient (Wildman–Crippen LogP) is 2.79. The van der Waals surface area contributed by atoms with E-state index in [-0.39, 0.29) is 0 Å². The maximum atomic E-state index is 4.74. The molecule has 0 spiro atoms. The molecule has 0 aromatic carbocycles. The third-order valence-corrected chi connectivity index (χ3v) is 4.33. The van der Waals surface area contributed by atoms with Crippen LogP contribution in [0, 0.1) is 6.92 Å². The van der Waals surface area contributed by atoms with Gasteiger partial charge >= 0.3 is 0 Å². The lowest BCUT2D eigenvalue weighted by molar-refractivity contribution is 0.248. The molecule has 1 aliphatic rings. The van der Waals surface area contributed by atoms with Crippen LogP contribution in [0.2, 0.25) is 0 Å². The molecule has 6 heteroatoms. The quantitative estimate of drug-likeness (QED) is 0.941. The van der Waals surface area contributed by atoms with Gasteiger partial charge in [0.25, 0.3) is 0 Å². The topological polar surface area (TPSA) is 53.9 Å². The second kappa shape index (κ2) is 5.85. The average Bonchev–Trinajstić information content (AvgIpc) is 2.84. The molecule has 1 N–H and O–H groups in total. The molecule has 1 unspecified atom stereocenters. The van der Waals surface area contributed by atoms with Crippen LogP contribution in [0.3, 0.4) is 0 Å². The number of hydrogen-bond donors (Lipinski definition) is 1. The first-order chi connectivity index (χ1) is 9.70. The van der Waals surface area contributed by atoms with Crippen LogP contribution >= 0.6 is 11.3 Å². The highest BCUT2D eigenvalue weighted by atomic mass is 32.1. The van der Waals surface area contributed by atoms with Crippen molar-refractivity contribution < 1.29 is 0 Å². The zero-order chi connectivity index (χ0) is 13.9. The summed E-state index contributed by atoms with van der Waals surface area (Å²) in [6, 6.07) is 6.17. The van der Waals surface area contributed by atoms with Crippen LogP contribution in [-0.4, -0.2) is 40.2 Å². The molecular weight excluding hydrogens is 270 g/mol. The summed E-state index contributed by atoms with van der Waals surface area (Å²) in [5, 5.41) is 13.1. The zero-order valence-corrected chi connectivity index (χ0v) is 12.7. The van der Waals surface area contributed by atoms with Gasteiger partial charge in [0.1, 0.15) is 10.8 Å². The van der Waals surface area contributed by atoms with Gasteiger partial charge in [-0.3, -0.25) is 0 Å². The smallest absolute Gasteiger partial charge is 0.211 e. The van der Waals surface area contributed by atoms with Gasteiger partial charge in [-0.1, -0.05) is 17.4 Å². The van der Waals surface area contributed by atoms with Crippen LogP contribution < -0.4 is 5.32 Å². The Labute approximate surface area is 123 Å². The largest absolute Gasteiger partial charge is 0.315 e. The molecule has 5 nitrogen and oxygen atoms in total. The third kappa shape index (κ3) is 3.13. The molecule has 0 bridgehead atoms.